The fraction of sp³-hybridized carbons (Fsp3) is 0.294. The predicted octanol–water partition coefficient (Wildman–Crippen LogP) is 5.10. The van der Waals surface area contributed by atoms with Crippen LogP contribution in [0.1, 0.15) is 25.2 Å². The predicted molar refractivity (Wildman–Crippen MR) is 100 cm³/mol. The van der Waals surface area contributed by atoms with Gasteiger partial charge in [0.1, 0.15) is 14.7 Å². The van der Waals surface area contributed by atoms with Crippen molar-refractivity contribution < 1.29 is 9.05 Å². The summed E-state index contributed by atoms with van der Waals surface area (Å²) in [5, 5.41) is 2.31. The van der Waals surface area contributed by atoms with Crippen molar-refractivity contribution in [3.63, 3.8) is 0 Å². The molecule has 1 aliphatic heterocycles. The summed E-state index contributed by atoms with van der Waals surface area (Å²) < 4.78 is 13.8. The van der Waals surface area contributed by atoms with Gasteiger partial charge in [-0.1, -0.05) is 36.4 Å². The summed E-state index contributed by atoms with van der Waals surface area (Å²) in [6.07, 6.45) is 0. The van der Waals surface area contributed by atoms with Crippen LogP contribution in [0.15, 0.2) is 54.6 Å². The van der Waals surface area contributed by atoms with Gasteiger partial charge in [0.25, 0.3) is 0 Å². The molecule has 0 saturated heterocycles. The third-order valence-corrected chi connectivity index (χ3v) is 5.86. The summed E-state index contributed by atoms with van der Waals surface area (Å²) in [7, 11) is 0.641. The number of hydrogen-bond acceptors (Lipinski definition) is 4. The van der Waals surface area contributed by atoms with E-state index in [4.69, 9.17) is 9.05 Å². The molecule has 3 atom stereocenters. The van der Waals surface area contributed by atoms with Crippen LogP contribution >= 0.6 is 17.8 Å². The fourth-order valence-electron chi connectivity index (χ4n) is 2.61. The minimum Gasteiger partial charge on any atom is -0.360 e. The number of para-hydroxylation sites is 2. The van der Waals surface area contributed by atoms with Crippen molar-refractivity contribution in [2.75, 3.05) is 23.0 Å². The van der Waals surface area contributed by atoms with E-state index in [1.54, 1.807) is 0 Å². The Kier molecular flexibility index (Phi) is 5.85. The zero-order valence-corrected chi connectivity index (χ0v) is 15.4. The monoisotopic (exact) mass is 348 g/mol. The maximum Gasteiger partial charge on any atom is 0.137 e. The van der Waals surface area contributed by atoms with Gasteiger partial charge in [0, 0.05) is 27.6 Å². The Labute approximate surface area is 141 Å². The highest BCUT2D eigenvalue weighted by Gasteiger charge is 2.37. The molecule has 0 bridgehead atoms. The van der Waals surface area contributed by atoms with Gasteiger partial charge in [-0.05, 0) is 32.0 Å². The molecule has 2 aromatic carbocycles. The molecule has 0 amide bonds. The minimum absolute atomic E-state index is 0.196. The summed E-state index contributed by atoms with van der Waals surface area (Å²) in [6.45, 7) is 5.51. The topological polar surface area (TPSA) is 24.9 Å². The molecule has 4 nitrogen and oxygen atoms in total. The number of benzene rings is 2. The van der Waals surface area contributed by atoms with Gasteiger partial charge in [0.2, 0.25) is 0 Å². The Balaban J connectivity index is 2.00. The Morgan fingerprint density at radius 2 is 1.61 bits per heavy atom. The summed E-state index contributed by atoms with van der Waals surface area (Å²) in [5.74, 6) is 0.196. The van der Waals surface area contributed by atoms with Gasteiger partial charge < -0.3 is 9.05 Å². The largest absolute Gasteiger partial charge is 0.360 e. The normalized spacial score (nSPS) is 17.7. The van der Waals surface area contributed by atoms with E-state index in [9.17, 15) is 0 Å². The van der Waals surface area contributed by atoms with E-state index in [1.807, 2.05) is 19.9 Å². The van der Waals surface area contributed by atoms with Crippen LogP contribution in [-0.2, 0) is 9.05 Å². The molecule has 0 aliphatic carbocycles. The zero-order chi connectivity index (χ0) is 16.1. The van der Waals surface area contributed by atoms with Crippen LogP contribution in [0, 0.1) is 0 Å². The van der Waals surface area contributed by atoms with Crippen LogP contribution in [0.4, 0.5) is 11.4 Å². The Hall–Kier alpha value is -1.18. The Morgan fingerprint density at radius 3 is 2.35 bits per heavy atom. The highest BCUT2D eigenvalue weighted by Crippen LogP contribution is 2.54. The van der Waals surface area contributed by atoms with Crippen molar-refractivity contribution in [3.8, 4) is 0 Å². The van der Waals surface area contributed by atoms with E-state index in [2.05, 4.69) is 58.3 Å². The zero-order valence-electron chi connectivity index (χ0n) is 13.4. The second-order valence-electron chi connectivity index (χ2n) is 5.03. The van der Waals surface area contributed by atoms with Crippen molar-refractivity contribution >= 4 is 29.1 Å². The molecule has 122 valence electrons. The van der Waals surface area contributed by atoms with Crippen molar-refractivity contribution in [2.24, 2.45) is 0 Å². The maximum atomic E-state index is 5.80. The first-order chi connectivity index (χ1) is 11.4. The fourth-order valence-corrected chi connectivity index (χ4v) is 4.66. The lowest BCUT2D eigenvalue weighted by Crippen LogP contribution is -2.33. The molecule has 3 unspecified atom stereocenters. The smallest absolute Gasteiger partial charge is 0.137 e. The second-order valence-corrected chi connectivity index (χ2v) is 6.99. The number of rotatable bonds is 7. The molecular weight excluding hydrogens is 326 g/mol. The van der Waals surface area contributed by atoms with Gasteiger partial charge in [-0.2, -0.15) is 0 Å². The molecule has 0 spiro atoms. The molecule has 3 rings (SSSR count). The van der Waals surface area contributed by atoms with E-state index >= 15 is 0 Å². The van der Waals surface area contributed by atoms with Gasteiger partial charge >= 0.3 is 0 Å². The number of hydrazine groups is 1. The number of nitrogens with zero attached hydrogens (tertiary/aromatic N) is 2. The molecule has 0 saturated carbocycles. The van der Waals surface area contributed by atoms with E-state index in [0.717, 1.165) is 12.3 Å². The molecule has 6 heteroatoms. The summed E-state index contributed by atoms with van der Waals surface area (Å²) >= 11 is 0. The van der Waals surface area contributed by atoms with Crippen molar-refractivity contribution in [2.45, 2.75) is 19.6 Å². The van der Waals surface area contributed by atoms with E-state index in [1.165, 1.54) is 11.3 Å². The maximum absolute atomic E-state index is 5.80. The van der Waals surface area contributed by atoms with E-state index in [-0.39, 0.29) is 14.7 Å². The van der Waals surface area contributed by atoms with Crippen LogP contribution in [0.2, 0.25) is 0 Å². The standard InChI is InChI=1S/C17H22N2O2P2/c1-3-20-22-17-15-12-8-9-13-16(15)19(23-21-4-2)18(17)14-10-6-5-7-11-14/h5-13,17,22-23H,3-4H2,1-2H3. The van der Waals surface area contributed by atoms with Crippen LogP contribution in [0.25, 0.3) is 0 Å². The first-order valence-electron chi connectivity index (χ1n) is 7.84. The van der Waals surface area contributed by atoms with Crippen molar-refractivity contribution in [1.82, 2.24) is 0 Å². The van der Waals surface area contributed by atoms with Crippen LogP contribution in [0.3, 0.4) is 0 Å². The number of hydrogen-bond donors (Lipinski definition) is 0. The van der Waals surface area contributed by atoms with Crippen LogP contribution in [0.5, 0.6) is 0 Å². The third kappa shape index (κ3) is 3.51. The molecule has 0 radical (unpaired) electrons. The summed E-state index contributed by atoms with van der Waals surface area (Å²) in [5.41, 5.74) is 3.67. The van der Waals surface area contributed by atoms with E-state index < -0.39 is 0 Å². The lowest BCUT2D eigenvalue weighted by atomic mass is 10.2. The average Bonchev–Trinajstić information content (AvgIpc) is 2.92. The molecule has 1 heterocycles. The lowest BCUT2D eigenvalue weighted by molar-refractivity contribution is 0.382. The molecule has 1 aliphatic rings. The molecule has 0 aromatic heterocycles. The first-order valence-corrected chi connectivity index (χ1v) is 9.69. The quantitative estimate of drug-likeness (QED) is 0.650. The number of fused-ring (bicyclic) bond motifs is 1. The minimum atomic E-state index is 0.196. The molecular formula is C17H22N2O2P2. The summed E-state index contributed by atoms with van der Waals surface area (Å²) in [6, 6.07) is 19.0. The Morgan fingerprint density at radius 1 is 0.913 bits per heavy atom. The summed E-state index contributed by atoms with van der Waals surface area (Å²) in [4.78, 5) is 0. The Bertz CT molecular complexity index is 592. The highest BCUT2D eigenvalue weighted by atomic mass is 31.1. The van der Waals surface area contributed by atoms with Crippen LogP contribution < -0.4 is 9.79 Å². The van der Waals surface area contributed by atoms with Crippen molar-refractivity contribution in [3.05, 3.63) is 60.2 Å². The first kappa shape index (κ1) is 16.7. The van der Waals surface area contributed by atoms with Gasteiger partial charge in [-0.15, -0.1) is 0 Å². The van der Waals surface area contributed by atoms with Gasteiger partial charge in [0.05, 0.1) is 11.4 Å². The lowest BCUT2D eigenvalue weighted by Gasteiger charge is -2.34. The molecule has 0 N–H and O–H groups in total. The van der Waals surface area contributed by atoms with Gasteiger partial charge in [-0.3, -0.25) is 5.01 Å². The molecule has 23 heavy (non-hydrogen) atoms. The van der Waals surface area contributed by atoms with Crippen molar-refractivity contribution in [1.29, 1.82) is 0 Å². The van der Waals surface area contributed by atoms with Gasteiger partial charge in [-0.25, -0.2) is 4.78 Å². The average molecular weight is 348 g/mol. The second kappa shape index (κ2) is 8.08. The molecule has 0 fully saturated rings. The molecule has 2 aromatic rings. The van der Waals surface area contributed by atoms with Gasteiger partial charge in [0.15, 0.2) is 0 Å². The number of anilines is 2. The van der Waals surface area contributed by atoms with E-state index in [0.29, 0.717) is 15.4 Å². The SMILES string of the molecule is CCOPC1c2ccccc2N(POCC)N1c1ccccc1. The van der Waals surface area contributed by atoms with Crippen LogP contribution in [-0.4, -0.2) is 13.2 Å². The highest BCUT2D eigenvalue weighted by molar-refractivity contribution is 7.36. The third-order valence-electron chi connectivity index (χ3n) is 3.57.